The zero-order chi connectivity index (χ0) is 12.7. The van der Waals surface area contributed by atoms with Gasteiger partial charge in [0, 0.05) is 25.0 Å². The molecule has 1 aromatic heterocycles. The first-order valence-corrected chi connectivity index (χ1v) is 5.82. The first-order valence-electron chi connectivity index (χ1n) is 5.82. The smallest absolute Gasteiger partial charge is 0.307 e. The van der Waals surface area contributed by atoms with Crippen LogP contribution in [-0.4, -0.2) is 24.1 Å². The summed E-state index contributed by atoms with van der Waals surface area (Å²) in [5.74, 6) is 0.210. The molecule has 0 radical (unpaired) electrons. The second-order valence-corrected chi connectivity index (χ2v) is 4.37. The Labute approximate surface area is 102 Å². The molecule has 17 heavy (non-hydrogen) atoms. The molecule has 4 nitrogen and oxygen atoms in total. The predicted octanol–water partition coefficient (Wildman–Crippen LogP) is 1.76. The van der Waals surface area contributed by atoms with Crippen molar-refractivity contribution < 1.29 is 9.53 Å². The van der Waals surface area contributed by atoms with Gasteiger partial charge in [-0.2, -0.15) is 0 Å². The molecule has 0 saturated heterocycles. The molecule has 0 amide bonds. The molecule has 0 aromatic carbocycles. The fourth-order valence-corrected chi connectivity index (χ4v) is 1.56. The second-order valence-electron chi connectivity index (χ2n) is 4.37. The molecule has 94 valence electrons. The maximum absolute atomic E-state index is 11.3. The number of nitrogens with zero attached hydrogens (tertiary/aromatic N) is 1. The number of methoxy groups -OCH3 is 1. The van der Waals surface area contributed by atoms with Crippen LogP contribution in [0.25, 0.3) is 0 Å². The number of hydrogen-bond acceptors (Lipinski definition) is 4. The van der Waals surface area contributed by atoms with Crippen molar-refractivity contribution in [3.05, 3.63) is 30.1 Å². The summed E-state index contributed by atoms with van der Waals surface area (Å²) in [5, 5.41) is 3.37. The lowest BCUT2D eigenvalue weighted by Crippen LogP contribution is -2.35. The van der Waals surface area contributed by atoms with Crippen LogP contribution < -0.4 is 5.32 Å². The Kier molecular flexibility index (Phi) is 5.63. The van der Waals surface area contributed by atoms with Gasteiger partial charge < -0.3 is 10.1 Å². The monoisotopic (exact) mass is 236 g/mol. The molecule has 0 aliphatic rings. The number of aromatic nitrogens is 1. The van der Waals surface area contributed by atoms with E-state index in [0.717, 1.165) is 12.1 Å². The molecular formula is C13H20N2O2. The summed E-state index contributed by atoms with van der Waals surface area (Å²) in [6.45, 7) is 4.92. The summed E-state index contributed by atoms with van der Waals surface area (Å²) in [7, 11) is 1.42. The fourth-order valence-electron chi connectivity index (χ4n) is 1.56. The van der Waals surface area contributed by atoms with Crippen LogP contribution in [0.1, 0.15) is 25.8 Å². The van der Waals surface area contributed by atoms with Crippen molar-refractivity contribution in [2.24, 2.45) is 5.92 Å². The molecule has 0 aliphatic carbocycles. The van der Waals surface area contributed by atoms with Crippen molar-refractivity contribution in [3.63, 3.8) is 0 Å². The van der Waals surface area contributed by atoms with Gasteiger partial charge in [0.05, 0.1) is 13.5 Å². The van der Waals surface area contributed by atoms with Gasteiger partial charge in [-0.3, -0.25) is 9.78 Å². The molecular weight excluding hydrogens is 216 g/mol. The topological polar surface area (TPSA) is 51.2 Å². The standard InChI is InChI=1S/C13H20N2O2/c1-10(2)12(8-13(16)17-3)15-9-11-4-6-14-7-5-11/h4-7,10,12,15H,8-9H2,1-3H3. The summed E-state index contributed by atoms with van der Waals surface area (Å²) in [4.78, 5) is 15.2. The molecule has 4 heteroatoms. The molecule has 1 aromatic rings. The lowest BCUT2D eigenvalue weighted by molar-refractivity contribution is -0.141. The van der Waals surface area contributed by atoms with Gasteiger partial charge >= 0.3 is 5.97 Å². The molecule has 0 fully saturated rings. The Hall–Kier alpha value is -1.42. The SMILES string of the molecule is COC(=O)CC(NCc1ccncc1)C(C)C. The Morgan fingerprint density at radius 1 is 1.41 bits per heavy atom. The Bertz CT molecular complexity index is 339. The van der Waals surface area contributed by atoms with E-state index in [1.54, 1.807) is 12.4 Å². The highest BCUT2D eigenvalue weighted by Gasteiger charge is 2.17. The van der Waals surface area contributed by atoms with Gasteiger partial charge in [0.25, 0.3) is 0 Å². The molecule has 0 spiro atoms. The Balaban J connectivity index is 2.47. The van der Waals surface area contributed by atoms with Gasteiger partial charge in [-0.05, 0) is 23.6 Å². The lowest BCUT2D eigenvalue weighted by Gasteiger charge is -2.21. The van der Waals surface area contributed by atoms with Crippen molar-refractivity contribution in [2.45, 2.75) is 32.9 Å². The van der Waals surface area contributed by atoms with Crippen molar-refractivity contribution >= 4 is 5.97 Å². The molecule has 1 rings (SSSR count). The largest absolute Gasteiger partial charge is 0.469 e. The summed E-state index contributed by atoms with van der Waals surface area (Å²) >= 11 is 0. The normalized spacial score (nSPS) is 12.5. The summed E-state index contributed by atoms with van der Waals surface area (Å²) < 4.78 is 4.69. The van der Waals surface area contributed by atoms with E-state index in [1.807, 2.05) is 12.1 Å². The molecule has 0 bridgehead atoms. The number of rotatable bonds is 6. The fraction of sp³-hybridized carbons (Fsp3) is 0.538. The van der Waals surface area contributed by atoms with E-state index in [1.165, 1.54) is 7.11 Å². The Morgan fingerprint density at radius 2 is 2.06 bits per heavy atom. The van der Waals surface area contributed by atoms with E-state index in [9.17, 15) is 4.79 Å². The zero-order valence-electron chi connectivity index (χ0n) is 10.6. The van der Waals surface area contributed by atoms with Gasteiger partial charge in [-0.25, -0.2) is 0 Å². The van der Waals surface area contributed by atoms with Crippen LogP contribution >= 0.6 is 0 Å². The number of carbonyl (C=O) groups excluding carboxylic acids is 1. The lowest BCUT2D eigenvalue weighted by atomic mass is 10.0. The van der Waals surface area contributed by atoms with Gasteiger partial charge in [-0.15, -0.1) is 0 Å². The number of pyridine rings is 1. The summed E-state index contributed by atoms with van der Waals surface area (Å²) in [5.41, 5.74) is 1.16. The van der Waals surface area contributed by atoms with Crippen molar-refractivity contribution in [2.75, 3.05) is 7.11 Å². The van der Waals surface area contributed by atoms with Gasteiger partial charge in [0.2, 0.25) is 0 Å². The third-order valence-electron chi connectivity index (χ3n) is 2.74. The van der Waals surface area contributed by atoms with Gasteiger partial charge in [-0.1, -0.05) is 13.8 Å². The van der Waals surface area contributed by atoms with Crippen LogP contribution in [-0.2, 0) is 16.1 Å². The average Bonchev–Trinajstić information content (AvgIpc) is 2.35. The highest BCUT2D eigenvalue weighted by atomic mass is 16.5. The van der Waals surface area contributed by atoms with Crippen LogP contribution in [0.5, 0.6) is 0 Å². The molecule has 1 unspecified atom stereocenters. The van der Waals surface area contributed by atoms with Crippen molar-refractivity contribution in [3.8, 4) is 0 Å². The van der Waals surface area contributed by atoms with Crippen LogP contribution in [0.4, 0.5) is 0 Å². The third-order valence-corrected chi connectivity index (χ3v) is 2.74. The second kappa shape index (κ2) is 7.01. The molecule has 1 heterocycles. The van der Waals surface area contributed by atoms with E-state index in [0.29, 0.717) is 12.3 Å². The van der Waals surface area contributed by atoms with E-state index in [4.69, 9.17) is 4.74 Å². The molecule has 1 atom stereocenters. The molecule has 1 N–H and O–H groups in total. The zero-order valence-corrected chi connectivity index (χ0v) is 10.6. The van der Waals surface area contributed by atoms with E-state index in [2.05, 4.69) is 24.1 Å². The van der Waals surface area contributed by atoms with E-state index < -0.39 is 0 Å². The Morgan fingerprint density at radius 3 is 2.59 bits per heavy atom. The number of hydrogen-bond donors (Lipinski definition) is 1. The summed E-state index contributed by atoms with van der Waals surface area (Å²) in [6.07, 6.45) is 3.93. The van der Waals surface area contributed by atoms with Crippen molar-refractivity contribution in [1.29, 1.82) is 0 Å². The van der Waals surface area contributed by atoms with Crippen LogP contribution in [0.15, 0.2) is 24.5 Å². The van der Waals surface area contributed by atoms with Gasteiger partial charge in [0.1, 0.15) is 0 Å². The van der Waals surface area contributed by atoms with Crippen LogP contribution in [0.3, 0.4) is 0 Å². The number of ether oxygens (including phenoxy) is 1. The highest BCUT2D eigenvalue weighted by molar-refractivity contribution is 5.69. The first-order chi connectivity index (χ1) is 8.13. The molecule has 0 saturated carbocycles. The minimum Gasteiger partial charge on any atom is -0.469 e. The van der Waals surface area contributed by atoms with Crippen LogP contribution in [0, 0.1) is 5.92 Å². The van der Waals surface area contributed by atoms with E-state index >= 15 is 0 Å². The number of esters is 1. The van der Waals surface area contributed by atoms with Crippen LogP contribution in [0.2, 0.25) is 0 Å². The maximum Gasteiger partial charge on any atom is 0.307 e. The maximum atomic E-state index is 11.3. The molecule has 0 aliphatic heterocycles. The quantitative estimate of drug-likeness (QED) is 0.765. The summed E-state index contributed by atoms with van der Waals surface area (Å²) in [6, 6.07) is 4.06. The predicted molar refractivity (Wildman–Crippen MR) is 66.3 cm³/mol. The number of nitrogens with one attached hydrogen (secondary N) is 1. The average molecular weight is 236 g/mol. The first kappa shape index (κ1) is 13.6. The third kappa shape index (κ3) is 4.95. The highest BCUT2D eigenvalue weighted by Crippen LogP contribution is 2.08. The minimum absolute atomic E-state index is 0.135. The number of carbonyl (C=O) groups is 1. The van der Waals surface area contributed by atoms with Crippen molar-refractivity contribution in [1.82, 2.24) is 10.3 Å². The van der Waals surface area contributed by atoms with E-state index in [-0.39, 0.29) is 12.0 Å². The minimum atomic E-state index is -0.175. The van der Waals surface area contributed by atoms with Gasteiger partial charge in [0.15, 0.2) is 0 Å².